The van der Waals surface area contributed by atoms with Crippen LogP contribution in [0.4, 0.5) is 0 Å². The molecule has 0 aliphatic rings. The summed E-state index contributed by atoms with van der Waals surface area (Å²) in [4.78, 5) is 25.3. The molecular formula is C49H33N5. The van der Waals surface area contributed by atoms with Crippen LogP contribution >= 0.6 is 0 Å². The average Bonchev–Trinajstić information content (AvgIpc) is 3.27. The molecule has 0 bridgehead atoms. The van der Waals surface area contributed by atoms with Crippen LogP contribution in [0.15, 0.2) is 200 Å². The number of hydrogen-bond acceptors (Lipinski definition) is 5. The molecule has 0 N–H and O–H groups in total. The number of hydrogen-bond donors (Lipinski definition) is 0. The molecule has 4 aromatic heterocycles. The SMILES string of the molecule is c1ccc(-c2cccc(-c3nc(-c4ccccc4)c(-c4ccccc4)nc3-c3cccc(-c4cc(-c5ccccn5)nc(-c5ccccn5)c4)c3)c2)cc1. The zero-order valence-corrected chi connectivity index (χ0v) is 29.3. The van der Waals surface area contributed by atoms with Gasteiger partial charge < -0.3 is 0 Å². The van der Waals surface area contributed by atoms with Gasteiger partial charge in [0.25, 0.3) is 0 Å². The molecule has 4 heterocycles. The van der Waals surface area contributed by atoms with E-state index < -0.39 is 0 Å². The second-order valence-corrected chi connectivity index (χ2v) is 12.9. The van der Waals surface area contributed by atoms with Gasteiger partial charge in [0.2, 0.25) is 0 Å². The lowest BCUT2D eigenvalue weighted by Gasteiger charge is -2.17. The quantitative estimate of drug-likeness (QED) is 0.159. The Labute approximate surface area is 314 Å². The molecule has 0 unspecified atom stereocenters. The minimum absolute atomic E-state index is 0.774. The van der Waals surface area contributed by atoms with Gasteiger partial charge in [-0.2, -0.15) is 0 Å². The van der Waals surface area contributed by atoms with Gasteiger partial charge >= 0.3 is 0 Å². The highest BCUT2D eigenvalue weighted by Crippen LogP contribution is 2.39. The van der Waals surface area contributed by atoms with E-state index in [0.717, 1.165) is 90.1 Å². The maximum atomic E-state index is 5.54. The largest absolute Gasteiger partial charge is 0.255 e. The summed E-state index contributed by atoms with van der Waals surface area (Å²) in [7, 11) is 0. The number of pyridine rings is 3. The van der Waals surface area contributed by atoms with Gasteiger partial charge in [-0.25, -0.2) is 15.0 Å². The van der Waals surface area contributed by atoms with Gasteiger partial charge in [0.15, 0.2) is 0 Å². The van der Waals surface area contributed by atoms with Crippen LogP contribution in [0.1, 0.15) is 0 Å². The van der Waals surface area contributed by atoms with Crippen molar-refractivity contribution in [2.24, 2.45) is 0 Å². The first-order valence-corrected chi connectivity index (χ1v) is 17.9. The molecule has 0 aliphatic heterocycles. The predicted octanol–water partition coefficient (Wildman–Crippen LogP) is 12.0. The summed E-state index contributed by atoms with van der Waals surface area (Å²) in [6, 6.07) is 64.2. The van der Waals surface area contributed by atoms with Crippen LogP contribution in [-0.2, 0) is 0 Å². The maximum absolute atomic E-state index is 5.54. The minimum atomic E-state index is 0.774. The van der Waals surface area contributed by atoms with Crippen LogP contribution < -0.4 is 0 Å². The first-order valence-electron chi connectivity index (χ1n) is 17.9. The van der Waals surface area contributed by atoms with Crippen molar-refractivity contribution in [1.82, 2.24) is 24.9 Å². The van der Waals surface area contributed by atoms with Gasteiger partial charge in [-0.3, -0.25) is 9.97 Å². The normalized spacial score (nSPS) is 11.0. The Bertz CT molecular complexity index is 2630. The van der Waals surface area contributed by atoms with Crippen molar-refractivity contribution in [3.63, 3.8) is 0 Å². The Morgan fingerprint density at radius 1 is 0.222 bits per heavy atom. The van der Waals surface area contributed by atoms with Crippen molar-refractivity contribution in [2.45, 2.75) is 0 Å². The fourth-order valence-corrected chi connectivity index (χ4v) is 6.74. The van der Waals surface area contributed by atoms with Crippen molar-refractivity contribution < 1.29 is 0 Å². The van der Waals surface area contributed by atoms with Crippen LogP contribution in [0.2, 0.25) is 0 Å². The van der Waals surface area contributed by atoms with Crippen LogP contribution in [0, 0.1) is 0 Å². The van der Waals surface area contributed by atoms with Gasteiger partial charge in [-0.05, 0) is 70.8 Å². The van der Waals surface area contributed by atoms with E-state index >= 15 is 0 Å². The molecule has 9 rings (SSSR count). The van der Waals surface area contributed by atoms with E-state index in [4.69, 9.17) is 15.0 Å². The summed E-state index contributed by atoms with van der Waals surface area (Å²) in [5.41, 5.74) is 14.6. The molecule has 5 aromatic carbocycles. The second-order valence-electron chi connectivity index (χ2n) is 12.9. The molecule has 54 heavy (non-hydrogen) atoms. The van der Waals surface area contributed by atoms with Crippen molar-refractivity contribution in [3.8, 4) is 90.1 Å². The maximum Gasteiger partial charge on any atom is 0.0973 e. The second kappa shape index (κ2) is 14.7. The molecule has 0 aliphatic carbocycles. The predicted molar refractivity (Wildman–Crippen MR) is 219 cm³/mol. The number of rotatable bonds is 8. The highest BCUT2D eigenvalue weighted by atomic mass is 14.9. The monoisotopic (exact) mass is 691 g/mol. The number of nitrogens with zero attached hydrogens (tertiary/aromatic N) is 5. The molecule has 0 saturated carbocycles. The third-order valence-electron chi connectivity index (χ3n) is 9.38. The lowest BCUT2D eigenvalue weighted by atomic mass is 9.95. The third kappa shape index (κ3) is 6.70. The first kappa shape index (κ1) is 32.5. The molecule has 5 heteroatoms. The molecule has 0 fully saturated rings. The minimum Gasteiger partial charge on any atom is -0.255 e. The van der Waals surface area contributed by atoms with E-state index in [9.17, 15) is 0 Å². The highest BCUT2D eigenvalue weighted by molar-refractivity contribution is 5.89. The molecule has 0 amide bonds. The van der Waals surface area contributed by atoms with Gasteiger partial charge in [-0.1, -0.05) is 140 Å². The van der Waals surface area contributed by atoms with Crippen molar-refractivity contribution in [2.75, 3.05) is 0 Å². The molecule has 9 aromatic rings. The molecule has 0 spiro atoms. The first-order chi connectivity index (χ1) is 26.8. The Morgan fingerprint density at radius 2 is 0.593 bits per heavy atom. The fraction of sp³-hybridized carbons (Fsp3) is 0. The summed E-state index contributed by atoms with van der Waals surface area (Å²) in [6.45, 7) is 0. The van der Waals surface area contributed by atoms with Crippen molar-refractivity contribution in [3.05, 3.63) is 200 Å². The lowest BCUT2D eigenvalue weighted by Crippen LogP contribution is -2.01. The fourth-order valence-electron chi connectivity index (χ4n) is 6.74. The van der Waals surface area contributed by atoms with E-state index in [1.807, 2.05) is 78.9 Å². The summed E-state index contributed by atoms with van der Waals surface area (Å²) < 4.78 is 0. The van der Waals surface area contributed by atoms with E-state index in [-0.39, 0.29) is 0 Å². The summed E-state index contributed by atoms with van der Waals surface area (Å²) >= 11 is 0. The molecule has 254 valence electrons. The van der Waals surface area contributed by atoms with E-state index in [0.29, 0.717) is 0 Å². The Balaban J connectivity index is 1.27. The van der Waals surface area contributed by atoms with Crippen LogP contribution in [0.3, 0.4) is 0 Å². The third-order valence-corrected chi connectivity index (χ3v) is 9.38. The van der Waals surface area contributed by atoms with E-state index in [1.165, 1.54) is 0 Å². The molecule has 0 saturated heterocycles. The zero-order chi connectivity index (χ0) is 36.1. The van der Waals surface area contributed by atoms with Gasteiger partial charge in [0.05, 0.1) is 45.6 Å². The molecular weight excluding hydrogens is 659 g/mol. The van der Waals surface area contributed by atoms with Gasteiger partial charge in [0.1, 0.15) is 0 Å². The van der Waals surface area contributed by atoms with E-state index in [1.54, 1.807) is 12.4 Å². The van der Waals surface area contributed by atoms with Crippen LogP contribution in [0.5, 0.6) is 0 Å². The topological polar surface area (TPSA) is 64.5 Å². The van der Waals surface area contributed by atoms with Crippen LogP contribution in [-0.4, -0.2) is 24.9 Å². The Hall–Kier alpha value is -7.37. The molecule has 0 radical (unpaired) electrons. The number of benzene rings is 5. The van der Waals surface area contributed by atoms with Gasteiger partial charge in [-0.15, -0.1) is 0 Å². The van der Waals surface area contributed by atoms with E-state index in [2.05, 4.69) is 119 Å². The zero-order valence-electron chi connectivity index (χ0n) is 29.3. The Morgan fingerprint density at radius 3 is 1.04 bits per heavy atom. The van der Waals surface area contributed by atoms with Gasteiger partial charge in [0, 0.05) is 34.6 Å². The standard InChI is InChI=1S/C49H33N5/c1-4-16-34(17-5-1)37-22-14-24-39(30-37)48-49(54-47(36-20-8-3-9-21-36)46(53-48)35-18-6-2-7-19-35)40-25-15-23-38(31-40)41-32-44(42-26-10-12-28-50-42)52-45(33-41)43-27-11-13-29-51-43/h1-33H. The average molecular weight is 692 g/mol. The van der Waals surface area contributed by atoms with Crippen molar-refractivity contribution >= 4 is 0 Å². The summed E-state index contributed by atoms with van der Waals surface area (Å²) in [5, 5.41) is 0. The summed E-state index contributed by atoms with van der Waals surface area (Å²) in [6.07, 6.45) is 3.59. The highest BCUT2D eigenvalue weighted by Gasteiger charge is 2.20. The molecule has 0 atom stereocenters. The lowest BCUT2D eigenvalue weighted by molar-refractivity contribution is 1.21. The smallest absolute Gasteiger partial charge is 0.0973 e. The Kier molecular flexibility index (Phi) is 8.86. The number of aromatic nitrogens is 5. The van der Waals surface area contributed by atoms with Crippen LogP contribution in [0.25, 0.3) is 90.1 Å². The van der Waals surface area contributed by atoms with Crippen molar-refractivity contribution in [1.29, 1.82) is 0 Å². The molecule has 5 nitrogen and oxygen atoms in total. The summed E-state index contributed by atoms with van der Waals surface area (Å²) in [5.74, 6) is 0.